The van der Waals surface area contributed by atoms with Crippen molar-refractivity contribution in [2.45, 2.75) is 13.5 Å². The van der Waals surface area contributed by atoms with Crippen molar-refractivity contribution in [1.29, 1.82) is 0 Å². The second-order valence-corrected chi connectivity index (χ2v) is 4.26. The Kier molecular flexibility index (Phi) is 2.67. The molecule has 0 amide bonds. The molecule has 0 aliphatic heterocycles. The molecule has 96 valence electrons. The summed E-state index contributed by atoms with van der Waals surface area (Å²) >= 11 is 0. The Morgan fingerprint density at radius 3 is 2.89 bits per heavy atom. The fourth-order valence-corrected chi connectivity index (χ4v) is 2.14. The van der Waals surface area contributed by atoms with Gasteiger partial charge < -0.3 is 10.3 Å². The minimum atomic E-state index is -0.430. The number of nitrogen functional groups attached to an aromatic ring is 1. The number of benzene rings is 1. The number of hydrogen-bond acceptors (Lipinski definition) is 3. The number of aryl methyl sites for hydroxylation is 1. The lowest BCUT2D eigenvalue weighted by Gasteiger charge is -2.06. The normalized spacial score (nSPS) is 11.1. The zero-order valence-corrected chi connectivity index (χ0v) is 10.5. The van der Waals surface area contributed by atoms with E-state index in [0.29, 0.717) is 11.4 Å². The monoisotopic (exact) mass is 256 g/mol. The predicted molar refractivity (Wildman–Crippen MR) is 73.0 cm³/mol. The van der Waals surface area contributed by atoms with Gasteiger partial charge >= 0.3 is 0 Å². The van der Waals surface area contributed by atoms with Gasteiger partial charge in [0.15, 0.2) is 5.65 Å². The van der Waals surface area contributed by atoms with Crippen LogP contribution < -0.4 is 5.73 Å². The van der Waals surface area contributed by atoms with E-state index >= 15 is 0 Å². The summed E-state index contributed by atoms with van der Waals surface area (Å²) in [4.78, 5) is 8.84. The van der Waals surface area contributed by atoms with Crippen LogP contribution in [0.15, 0.2) is 36.5 Å². The van der Waals surface area contributed by atoms with Gasteiger partial charge in [-0.2, -0.15) is 0 Å². The van der Waals surface area contributed by atoms with E-state index in [1.807, 2.05) is 23.6 Å². The van der Waals surface area contributed by atoms with Gasteiger partial charge in [0, 0.05) is 18.3 Å². The third-order valence-corrected chi connectivity index (χ3v) is 3.08. The highest BCUT2D eigenvalue weighted by Crippen LogP contribution is 2.25. The molecule has 1 aromatic carbocycles. The number of nitrogens with two attached hydrogens (primary N) is 1. The van der Waals surface area contributed by atoms with Crippen LogP contribution in [0.4, 0.5) is 10.1 Å². The third kappa shape index (κ3) is 1.83. The lowest BCUT2D eigenvalue weighted by atomic mass is 10.2. The van der Waals surface area contributed by atoms with E-state index in [1.54, 1.807) is 18.3 Å². The van der Waals surface area contributed by atoms with E-state index in [2.05, 4.69) is 9.97 Å². The highest BCUT2D eigenvalue weighted by molar-refractivity contribution is 5.77. The Hall–Kier alpha value is -2.43. The molecule has 0 unspecified atom stereocenters. The molecule has 0 radical (unpaired) electrons. The van der Waals surface area contributed by atoms with Crippen molar-refractivity contribution >= 4 is 16.9 Å². The molecule has 0 fully saturated rings. The number of hydrogen-bond donors (Lipinski definition) is 1. The SMILES string of the molecule is CCn1c(-c2ccc(N)c(F)c2)nc2cccnc21. The van der Waals surface area contributed by atoms with E-state index in [4.69, 9.17) is 5.73 Å². The van der Waals surface area contributed by atoms with Gasteiger partial charge in [-0.25, -0.2) is 14.4 Å². The summed E-state index contributed by atoms with van der Waals surface area (Å²) in [5, 5.41) is 0. The number of imidazole rings is 1. The van der Waals surface area contributed by atoms with Crippen molar-refractivity contribution in [2.75, 3.05) is 5.73 Å². The molecule has 0 bridgehead atoms. The number of rotatable bonds is 2. The summed E-state index contributed by atoms with van der Waals surface area (Å²) in [7, 11) is 0. The predicted octanol–water partition coefficient (Wildman–Crippen LogP) is 2.84. The molecular weight excluding hydrogens is 243 g/mol. The lowest BCUT2D eigenvalue weighted by Crippen LogP contribution is -1.99. The molecule has 3 rings (SSSR count). The average molecular weight is 256 g/mol. The average Bonchev–Trinajstić information content (AvgIpc) is 2.80. The third-order valence-electron chi connectivity index (χ3n) is 3.08. The second-order valence-electron chi connectivity index (χ2n) is 4.26. The van der Waals surface area contributed by atoms with Crippen LogP contribution in [0.5, 0.6) is 0 Å². The van der Waals surface area contributed by atoms with Crippen LogP contribution >= 0.6 is 0 Å². The van der Waals surface area contributed by atoms with Crippen LogP contribution in [-0.4, -0.2) is 14.5 Å². The molecule has 0 saturated heterocycles. The number of pyridine rings is 1. The van der Waals surface area contributed by atoms with Crippen molar-refractivity contribution in [2.24, 2.45) is 0 Å². The molecule has 0 spiro atoms. The molecule has 4 nitrogen and oxygen atoms in total. The minimum Gasteiger partial charge on any atom is -0.396 e. The Morgan fingerprint density at radius 2 is 2.16 bits per heavy atom. The maximum absolute atomic E-state index is 13.6. The minimum absolute atomic E-state index is 0.140. The molecule has 5 heteroatoms. The van der Waals surface area contributed by atoms with Crippen molar-refractivity contribution in [3.05, 3.63) is 42.3 Å². The number of halogens is 1. The molecule has 0 atom stereocenters. The molecule has 19 heavy (non-hydrogen) atoms. The van der Waals surface area contributed by atoms with Crippen molar-refractivity contribution in [3.8, 4) is 11.4 Å². The summed E-state index contributed by atoms with van der Waals surface area (Å²) in [6, 6.07) is 8.46. The molecule has 2 heterocycles. The van der Waals surface area contributed by atoms with Crippen LogP contribution in [0.25, 0.3) is 22.6 Å². The van der Waals surface area contributed by atoms with Gasteiger partial charge in [0.25, 0.3) is 0 Å². The first-order valence-corrected chi connectivity index (χ1v) is 6.07. The van der Waals surface area contributed by atoms with Crippen LogP contribution in [0.2, 0.25) is 0 Å². The molecule has 0 saturated carbocycles. The van der Waals surface area contributed by atoms with E-state index in [0.717, 1.165) is 17.7 Å². The van der Waals surface area contributed by atoms with Crippen molar-refractivity contribution in [3.63, 3.8) is 0 Å². The second kappa shape index (κ2) is 4.35. The smallest absolute Gasteiger partial charge is 0.160 e. The van der Waals surface area contributed by atoms with Gasteiger partial charge in [0.1, 0.15) is 17.2 Å². The fourth-order valence-electron chi connectivity index (χ4n) is 2.14. The van der Waals surface area contributed by atoms with E-state index in [-0.39, 0.29) is 5.69 Å². The Balaban J connectivity index is 2.26. The van der Waals surface area contributed by atoms with E-state index < -0.39 is 5.82 Å². The number of aromatic nitrogens is 3. The summed E-state index contributed by atoms with van der Waals surface area (Å²) in [6.45, 7) is 2.72. The van der Waals surface area contributed by atoms with Crippen molar-refractivity contribution < 1.29 is 4.39 Å². The standard InChI is InChI=1S/C14H13FN4/c1-2-19-13(9-5-6-11(16)10(15)8-9)18-12-4-3-7-17-14(12)19/h3-8H,2,16H2,1H3. The summed E-state index contributed by atoms with van der Waals surface area (Å²) in [5.74, 6) is 0.273. The van der Waals surface area contributed by atoms with Crippen LogP contribution in [0.1, 0.15) is 6.92 Å². The zero-order chi connectivity index (χ0) is 13.4. The molecule has 0 aliphatic rings. The van der Waals surface area contributed by atoms with Crippen LogP contribution in [-0.2, 0) is 6.54 Å². The fraction of sp³-hybridized carbons (Fsp3) is 0.143. The Bertz CT molecular complexity index is 748. The Labute approximate surface area is 109 Å². The van der Waals surface area contributed by atoms with Gasteiger partial charge in [-0.3, -0.25) is 0 Å². The largest absolute Gasteiger partial charge is 0.396 e. The quantitative estimate of drug-likeness (QED) is 0.717. The first kappa shape index (κ1) is 11.6. The Morgan fingerprint density at radius 1 is 1.32 bits per heavy atom. The number of anilines is 1. The van der Waals surface area contributed by atoms with Gasteiger partial charge in [-0.15, -0.1) is 0 Å². The summed E-state index contributed by atoms with van der Waals surface area (Å²) < 4.78 is 15.5. The molecule has 3 aromatic rings. The van der Waals surface area contributed by atoms with Gasteiger partial charge in [0.05, 0.1) is 5.69 Å². The number of fused-ring (bicyclic) bond motifs is 1. The first-order chi connectivity index (χ1) is 9.20. The molecular formula is C14H13FN4. The highest BCUT2D eigenvalue weighted by Gasteiger charge is 2.13. The molecule has 0 aliphatic carbocycles. The zero-order valence-electron chi connectivity index (χ0n) is 10.5. The first-order valence-electron chi connectivity index (χ1n) is 6.07. The topological polar surface area (TPSA) is 56.7 Å². The number of nitrogens with zero attached hydrogens (tertiary/aromatic N) is 3. The lowest BCUT2D eigenvalue weighted by molar-refractivity contribution is 0.632. The van der Waals surface area contributed by atoms with Crippen LogP contribution in [0.3, 0.4) is 0 Å². The van der Waals surface area contributed by atoms with Crippen LogP contribution in [0, 0.1) is 5.82 Å². The van der Waals surface area contributed by atoms with Gasteiger partial charge in [-0.1, -0.05) is 0 Å². The maximum atomic E-state index is 13.6. The van der Waals surface area contributed by atoms with E-state index in [9.17, 15) is 4.39 Å². The molecule has 2 N–H and O–H groups in total. The van der Waals surface area contributed by atoms with Gasteiger partial charge in [-0.05, 0) is 37.3 Å². The van der Waals surface area contributed by atoms with Gasteiger partial charge in [0.2, 0.25) is 0 Å². The van der Waals surface area contributed by atoms with E-state index in [1.165, 1.54) is 6.07 Å². The summed E-state index contributed by atoms with van der Waals surface area (Å²) in [5.41, 5.74) is 7.94. The molecule has 2 aromatic heterocycles. The summed E-state index contributed by atoms with van der Waals surface area (Å²) in [6.07, 6.45) is 1.73. The van der Waals surface area contributed by atoms with Crippen molar-refractivity contribution in [1.82, 2.24) is 14.5 Å². The highest BCUT2D eigenvalue weighted by atomic mass is 19.1. The maximum Gasteiger partial charge on any atom is 0.160 e.